The molecule has 1 aromatic rings. The van der Waals surface area contributed by atoms with E-state index in [1.165, 1.54) is 19.2 Å². The highest BCUT2D eigenvalue weighted by Gasteiger charge is 2.30. The van der Waals surface area contributed by atoms with Crippen molar-refractivity contribution in [2.75, 3.05) is 46.9 Å². The molecule has 5 N–H and O–H groups in total. The second-order valence-electron chi connectivity index (χ2n) is 7.78. The Bertz CT molecular complexity index is 804. The number of amides is 1. The second kappa shape index (κ2) is 16.8. The molecule has 198 valence electrons. The maximum Gasteiger partial charge on any atom is 0.416 e. The number of alkyl halides is 3. The number of nitrogens with one attached hydrogen (secondary N) is 2. The molecule has 0 saturated carbocycles. The molecule has 8 nitrogen and oxygen atoms in total. The fraction of sp³-hybridized carbons (Fsp3) is 0.500. The summed E-state index contributed by atoms with van der Waals surface area (Å²) in [6, 6.07) is 4.85. The second-order valence-corrected chi connectivity index (χ2v) is 7.78. The summed E-state index contributed by atoms with van der Waals surface area (Å²) in [6.07, 6.45) is -1.99. The van der Waals surface area contributed by atoms with Crippen LogP contribution in [0, 0.1) is 0 Å². The van der Waals surface area contributed by atoms with E-state index in [4.69, 9.17) is 5.11 Å². The molecule has 1 atom stereocenters. The van der Waals surface area contributed by atoms with Gasteiger partial charge in [-0.25, -0.2) is 5.01 Å². The topological polar surface area (TPSA) is 106 Å². The van der Waals surface area contributed by atoms with Gasteiger partial charge in [0.2, 0.25) is 5.91 Å². The monoisotopic (exact) mass is 500 g/mol. The Kier molecular flexibility index (Phi) is 15.5. The van der Waals surface area contributed by atoms with E-state index in [1.807, 2.05) is 18.9 Å². The lowest BCUT2D eigenvalue weighted by atomic mass is 10.1. The number of hydrogen-bond donors (Lipinski definition) is 4. The number of piperazine rings is 1. The molecule has 0 bridgehead atoms. The van der Waals surface area contributed by atoms with Crippen LogP contribution in [0.3, 0.4) is 0 Å². The van der Waals surface area contributed by atoms with Crippen LogP contribution in [0.15, 0.2) is 47.6 Å². The van der Waals surface area contributed by atoms with Gasteiger partial charge in [-0.2, -0.15) is 13.2 Å². The molecule has 0 aliphatic carbocycles. The van der Waals surface area contributed by atoms with Crippen molar-refractivity contribution < 1.29 is 23.1 Å². The fourth-order valence-electron chi connectivity index (χ4n) is 3.34. The number of carbonyl (C=O) groups excluding carboxylic acids is 1. The zero-order chi connectivity index (χ0) is 27.0. The molecule has 1 fully saturated rings. The van der Waals surface area contributed by atoms with E-state index in [1.54, 1.807) is 6.20 Å². The highest BCUT2D eigenvalue weighted by Crippen LogP contribution is 2.30. The van der Waals surface area contributed by atoms with Gasteiger partial charge < -0.3 is 21.6 Å². The number of aliphatic hydroxyl groups excluding tert-OH is 1. The minimum atomic E-state index is -4.37. The van der Waals surface area contributed by atoms with Crippen LogP contribution in [0.2, 0.25) is 0 Å². The molecule has 2 rings (SSSR count). The van der Waals surface area contributed by atoms with Gasteiger partial charge in [-0.15, -0.1) is 6.58 Å². The van der Waals surface area contributed by atoms with E-state index in [2.05, 4.69) is 39.7 Å². The summed E-state index contributed by atoms with van der Waals surface area (Å²) in [5, 5.41) is 11.9. The number of nitrogens with zero attached hydrogens (tertiary/aromatic N) is 3. The van der Waals surface area contributed by atoms with E-state index in [0.717, 1.165) is 31.2 Å². The molecule has 0 aromatic heterocycles. The molecular weight excluding hydrogens is 461 g/mol. The maximum absolute atomic E-state index is 12.7. The number of aliphatic hydroxyl groups is 1. The van der Waals surface area contributed by atoms with Crippen molar-refractivity contribution in [2.45, 2.75) is 32.5 Å². The summed E-state index contributed by atoms with van der Waals surface area (Å²) >= 11 is 0. The molecule has 1 unspecified atom stereocenters. The molecule has 1 aliphatic heterocycles. The Hall–Kier alpha value is -2.73. The van der Waals surface area contributed by atoms with Crippen LogP contribution in [-0.2, 0) is 11.0 Å². The Morgan fingerprint density at radius 3 is 2.20 bits per heavy atom. The lowest BCUT2D eigenvalue weighted by molar-refractivity contribution is -0.137. The van der Waals surface area contributed by atoms with Gasteiger partial charge in [0.1, 0.15) is 0 Å². The van der Waals surface area contributed by atoms with Gasteiger partial charge in [-0.1, -0.05) is 17.7 Å². The van der Waals surface area contributed by atoms with Gasteiger partial charge in [0.25, 0.3) is 0 Å². The third kappa shape index (κ3) is 12.5. The molecule has 1 aromatic carbocycles. The predicted octanol–water partition coefficient (Wildman–Crippen LogP) is 2.48. The van der Waals surface area contributed by atoms with Crippen molar-refractivity contribution in [1.29, 1.82) is 0 Å². The van der Waals surface area contributed by atoms with Crippen LogP contribution in [0.25, 0.3) is 5.70 Å². The average Bonchev–Trinajstić information content (AvgIpc) is 2.82. The van der Waals surface area contributed by atoms with Crippen LogP contribution in [-0.4, -0.2) is 80.6 Å². The van der Waals surface area contributed by atoms with Crippen molar-refractivity contribution in [2.24, 2.45) is 10.7 Å². The standard InChI is InChI=1S/C22H30F3N5O.CH5N.CH4O/c1-16(2)13-17(3)28-21(31)15-29-9-11-30(12-10-29)27-14-20(26-4)18-5-7-19(8-6-18)22(23,24)25;2*1-2/h5-8,14,17,27H,1,4,9-13,15H2,2-3H3,(H,28,31);2H2,1H3;2H,1H3/b20-14-;;. The van der Waals surface area contributed by atoms with Gasteiger partial charge in [-0.05, 0) is 46.2 Å². The summed E-state index contributed by atoms with van der Waals surface area (Å²) in [7, 11) is 2.50. The first-order chi connectivity index (χ1) is 16.6. The molecule has 0 spiro atoms. The minimum Gasteiger partial charge on any atom is -0.400 e. The zero-order valence-electron chi connectivity index (χ0n) is 21.0. The molecule has 1 saturated heterocycles. The van der Waals surface area contributed by atoms with E-state index in [0.29, 0.717) is 44.0 Å². The van der Waals surface area contributed by atoms with Gasteiger partial charge in [0, 0.05) is 51.1 Å². The van der Waals surface area contributed by atoms with E-state index in [-0.39, 0.29) is 11.9 Å². The molecule has 1 aliphatic rings. The normalized spacial score (nSPS) is 15.5. The Morgan fingerprint density at radius 1 is 1.20 bits per heavy atom. The summed E-state index contributed by atoms with van der Waals surface area (Å²) < 4.78 is 38.1. The first-order valence-corrected chi connectivity index (χ1v) is 11.1. The van der Waals surface area contributed by atoms with Gasteiger partial charge in [0.05, 0.1) is 17.8 Å². The number of halogens is 3. The van der Waals surface area contributed by atoms with E-state index in [9.17, 15) is 18.0 Å². The van der Waals surface area contributed by atoms with Gasteiger partial charge >= 0.3 is 6.18 Å². The first-order valence-electron chi connectivity index (χ1n) is 11.1. The van der Waals surface area contributed by atoms with E-state index < -0.39 is 11.7 Å². The van der Waals surface area contributed by atoms with Crippen molar-refractivity contribution in [3.63, 3.8) is 0 Å². The number of nitrogens with two attached hydrogens (primary N) is 1. The number of hydrogen-bond acceptors (Lipinski definition) is 7. The Labute approximate surface area is 206 Å². The van der Waals surface area contributed by atoms with Crippen LogP contribution < -0.4 is 16.5 Å². The highest BCUT2D eigenvalue weighted by molar-refractivity contribution is 5.78. The maximum atomic E-state index is 12.7. The number of aliphatic imine (C=N–C) groups is 1. The highest BCUT2D eigenvalue weighted by atomic mass is 19.4. The molecule has 11 heteroatoms. The lowest BCUT2D eigenvalue weighted by Gasteiger charge is -2.34. The van der Waals surface area contributed by atoms with Crippen LogP contribution in [0.5, 0.6) is 0 Å². The molecular formula is C24H39F3N6O2. The van der Waals surface area contributed by atoms with Crippen LogP contribution in [0.1, 0.15) is 31.4 Å². The molecule has 1 heterocycles. The molecule has 0 radical (unpaired) electrons. The van der Waals surface area contributed by atoms with Gasteiger partial charge in [0.15, 0.2) is 0 Å². The number of hydrazine groups is 1. The summed E-state index contributed by atoms with van der Waals surface area (Å²) in [5.74, 6) is -0.00416. The van der Waals surface area contributed by atoms with Crippen molar-refractivity contribution in [3.8, 4) is 0 Å². The molecule has 35 heavy (non-hydrogen) atoms. The smallest absolute Gasteiger partial charge is 0.400 e. The van der Waals surface area contributed by atoms with Crippen molar-refractivity contribution in [1.82, 2.24) is 20.7 Å². The predicted molar refractivity (Wildman–Crippen MR) is 135 cm³/mol. The van der Waals surface area contributed by atoms with E-state index >= 15 is 0 Å². The van der Waals surface area contributed by atoms with Crippen molar-refractivity contribution in [3.05, 3.63) is 53.7 Å². The third-order valence-electron chi connectivity index (χ3n) is 4.86. The summed E-state index contributed by atoms with van der Waals surface area (Å²) in [4.78, 5) is 18.2. The quantitative estimate of drug-likeness (QED) is 0.307. The lowest BCUT2D eigenvalue weighted by Crippen LogP contribution is -2.53. The number of rotatable bonds is 9. The minimum absolute atomic E-state index is 0.00416. The Morgan fingerprint density at radius 2 is 1.74 bits per heavy atom. The number of benzene rings is 1. The summed E-state index contributed by atoms with van der Waals surface area (Å²) in [6.45, 7) is 14.4. The largest absolute Gasteiger partial charge is 0.416 e. The molecule has 1 amide bonds. The Balaban J connectivity index is 0.00000274. The van der Waals surface area contributed by atoms with Crippen molar-refractivity contribution >= 4 is 18.3 Å². The van der Waals surface area contributed by atoms with Crippen LogP contribution in [0.4, 0.5) is 13.2 Å². The van der Waals surface area contributed by atoms with Gasteiger partial charge in [-0.3, -0.25) is 14.7 Å². The first kappa shape index (κ1) is 32.3. The SMILES string of the molecule is C=N/C(=C\NN1CCN(CC(=O)NC(C)CC(=C)C)CC1)c1ccc(C(F)(F)F)cc1.CN.CO. The number of carbonyl (C=O) groups is 1. The summed E-state index contributed by atoms with van der Waals surface area (Å²) in [5.41, 5.74) is 8.93. The van der Waals surface area contributed by atoms with Crippen LogP contribution >= 0.6 is 0 Å². The average molecular weight is 501 g/mol. The zero-order valence-corrected chi connectivity index (χ0v) is 21.0. The third-order valence-corrected chi connectivity index (χ3v) is 4.86. The fourth-order valence-corrected chi connectivity index (χ4v) is 3.34.